The van der Waals surface area contributed by atoms with Gasteiger partial charge in [-0.3, -0.25) is 0 Å². The van der Waals surface area contributed by atoms with E-state index in [-0.39, 0.29) is 0 Å². The predicted octanol–water partition coefficient (Wildman–Crippen LogP) is -0.417. The van der Waals surface area contributed by atoms with Crippen molar-refractivity contribution < 1.29 is 0 Å². The standard InChI is InChI=1S/C5H11N2/c1-5-4-6-2-3-7-5/h5,7H,2-4H2,1H3/t5-/m0/s1. The number of piperazine rings is 1. The Balaban J connectivity index is 2.12. The summed E-state index contributed by atoms with van der Waals surface area (Å²) < 4.78 is 0. The molecule has 2 heteroatoms. The molecule has 1 heterocycles. The molecule has 1 fully saturated rings. The second kappa shape index (κ2) is 2.28. The van der Waals surface area contributed by atoms with E-state index in [0.29, 0.717) is 6.04 Å². The van der Waals surface area contributed by atoms with E-state index in [1.807, 2.05) is 0 Å². The normalized spacial score (nSPS) is 33.0. The number of hydrogen-bond acceptors (Lipinski definition) is 1. The molecule has 0 bridgehead atoms. The molecule has 1 saturated heterocycles. The lowest BCUT2D eigenvalue weighted by molar-refractivity contribution is 0.436. The Morgan fingerprint density at radius 3 is 2.86 bits per heavy atom. The van der Waals surface area contributed by atoms with E-state index in [0.717, 1.165) is 19.6 Å². The molecule has 1 atom stereocenters. The van der Waals surface area contributed by atoms with Crippen LogP contribution in [-0.2, 0) is 0 Å². The maximum absolute atomic E-state index is 4.20. The fourth-order valence-electron chi connectivity index (χ4n) is 0.739. The molecule has 41 valence electrons. The molecule has 1 aliphatic heterocycles. The van der Waals surface area contributed by atoms with Crippen molar-refractivity contribution in [1.82, 2.24) is 10.6 Å². The van der Waals surface area contributed by atoms with Crippen LogP contribution in [0.3, 0.4) is 0 Å². The summed E-state index contributed by atoms with van der Waals surface area (Å²) in [5, 5.41) is 7.48. The first kappa shape index (κ1) is 5.06. The molecule has 0 aliphatic carbocycles. The van der Waals surface area contributed by atoms with E-state index >= 15 is 0 Å². The number of nitrogens with zero attached hydrogens (tertiary/aromatic N) is 1. The Labute approximate surface area is 44.3 Å². The summed E-state index contributed by atoms with van der Waals surface area (Å²) in [5.74, 6) is 0. The lowest BCUT2D eigenvalue weighted by Gasteiger charge is -2.18. The van der Waals surface area contributed by atoms with Gasteiger partial charge >= 0.3 is 0 Å². The molecule has 0 spiro atoms. The fourth-order valence-corrected chi connectivity index (χ4v) is 0.739. The van der Waals surface area contributed by atoms with Gasteiger partial charge in [-0.15, -0.1) is 0 Å². The summed E-state index contributed by atoms with van der Waals surface area (Å²) in [5.41, 5.74) is 0. The van der Waals surface area contributed by atoms with Crippen molar-refractivity contribution in [3.63, 3.8) is 0 Å². The smallest absolute Gasteiger partial charge is 0.0285 e. The van der Waals surface area contributed by atoms with Crippen molar-refractivity contribution in [3.05, 3.63) is 0 Å². The molecule has 0 saturated carbocycles. The SMILES string of the molecule is C[C@H]1C[N]CCN1. The number of rotatable bonds is 0. The zero-order chi connectivity index (χ0) is 5.11. The monoisotopic (exact) mass is 99.1 g/mol. The minimum absolute atomic E-state index is 0.619. The van der Waals surface area contributed by atoms with Crippen molar-refractivity contribution in [1.29, 1.82) is 0 Å². The molecular weight excluding hydrogens is 88.1 g/mol. The van der Waals surface area contributed by atoms with Crippen LogP contribution >= 0.6 is 0 Å². The maximum atomic E-state index is 4.20. The van der Waals surface area contributed by atoms with Gasteiger partial charge in [0, 0.05) is 25.7 Å². The van der Waals surface area contributed by atoms with Gasteiger partial charge in [0.15, 0.2) is 0 Å². The summed E-state index contributed by atoms with van der Waals surface area (Å²) in [6.45, 7) is 5.23. The van der Waals surface area contributed by atoms with Crippen molar-refractivity contribution in [3.8, 4) is 0 Å². The molecule has 0 amide bonds. The Kier molecular flexibility index (Phi) is 1.65. The lowest BCUT2D eigenvalue weighted by Crippen LogP contribution is -2.42. The van der Waals surface area contributed by atoms with Gasteiger partial charge in [-0.1, -0.05) is 0 Å². The average Bonchev–Trinajstić information content (AvgIpc) is 1.69. The Morgan fingerprint density at radius 2 is 2.57 bits per heavy atom. The zero-order valence-electron chi connectivity index (χ0n) is 4.65. The molecule has 0 aromatic rings. The van der Waals surface area contributed by atoms with Gasteiger partial charge in [-0.2, -0.15) is 0 Å². The minimum Gasteiger partial charge on any atom is -0.312 e. The highest BCUT2D eigenvalue weighted by Gasteiger charge is 2.04. The maximum Gasteiger partial charge on any atom is 0.0285 e. The quantitative estimate of drug-likeness (QED) is 0.438. The van der Waals surface area contributed by atoms with Gasteiger partial charge in [0.1, 0.15) is 0 Å². The molecule has 1 N–H and O–H groups in total. The van der Waals surface area contributed by atoms with Crippen LogP contribution in [0.2, 0.25) is 0 Å². The zero-order valence-corrected chi connectivity index (χ0v) is 4.65. The molecule has 1 rings (SSSR count). The summed E-state index contributed by atoms with van der Waals surface area (Å²) in [4.78, 5) is 0. The first-order valence-electron chi connectivity index (χ1n) is 2.76. The third-order valence-corrected chi connectivity index (χ3v) is 1.17. The van der Waals surface area contributed by atoms with Crippen LogP contribution < -0.4 is 10.6 Å². The Morgan fingerprint density at radius 1 is 1.71 bits per heavy atom. The number of hydrogen-bond donors (Lipinski definition) is 1. The van der Waals surface area contributed by atoms with Gasteiger partial charge in [-0.25, -0.2) is 5.32 Å². The molecular formula is C5H11N2. The van der Waals surface area contributed by atoms with Gasteiger partial charge in [0.05, 0.1) is 0 Å². The second-order valence-electron chi connectivity index (χ2n) is 1.98. The van der Waals surface area contributed by atoms with Crippen LogP contribution in [0.15, 0.2) is 0 Å². The van der Waals surface area contributed by atoms with E-state index < -0.39 is 0 Å². The molecule has 0 unspecified atom stereocenters. The first-order chi connectivity index (χ1) is 3.39. The summed E-state index contributed by atoms with van der Waals surface area (Å²) in [6.07, 6.45) is 0. The topological polar surface area (TPSA) is 26.1 Å². The van der Waals surface area contributed by atoms with E-state index in [2.05, 4.69) is 17.6 Å². The van der Waals surface area contributed by atoms with Crippen molar-refractivity contribution in [2.24, 2.45) is 0 Å². The van der Waals surface area contributed by atoms with E-state index in [9.17, 15) is 0 Å². The van der Waals surface area contributed by atoms with Gasteiger partial charge < -0.3 is 5.32 Å². The molecule has 0 aromatic heterocycles. The minimum atomic E-state index is 0.619. The van der Waals surface area contributed by atoms with Crippen molar-refractivity contribution >= 4 is 0 Å². The average molecular weight is 99.2 g/mol. The van der Waals surface area contributed by atoms with Gasteiger partial charge in [0.25, 0.3) is 0 Å². The van der Waals surface area contributed by atoms with Crippen LogP contribution in [-0.4, -0.2) is 25.7 Å². The molecule has 2 nitrogen and oxygen atoms in total. The molecule has 0 aromatic carbocycles. The van der Waals surface area contributed by atoms with E-state index in [1.165, 1.54) is 0 Å². The predicted molar refractivity (Wildman–Crippen MR) is 29.3 cm³/mol. The highest BCUT2D eigenvalue weighted by Crippen LogP contribution is 1.82. The third-order valence-electron chi connectivity index (χ3n) is 1.17. The first-order valence-corrected chi connectivity index (χ1v) is 2.76. The van der Waals surface area contributed by atoms with Crippen molar-refractivity contribution in [2.75, 3.05) is 19.6 Å². The molecule has 1 aliphatic rings. The summed E-state index contributed by atoms with van der Waals surface area (Å²) in [6, 6.07) is 0.619. The van der Waals surface area contributed by atoms with E-state index in [4.69, 9.17) is 0 Å². The Hall–Kier alpha value is -0.0800. The van der Waals surface area contributed by atoms with Crippen molar-refractivity contribution in [2.45, 2.75) is 13.0 Å². The fraction of sp³-hybridized carbons (Fsp3) is 1.00. The van der Waals surface area contributed by atoms with Gasteiger partial charge in [0.2, 0.25) is 0 Å². The van der Waals surface area contributed by atoms with Crippen LogP contribution in [0.1, 0.15) is 6.92 Å². The largest absolute Gasteiger partial charge is 0.312 e. The Bertz CT molecular complexity index is 48.0. The molecule has 1 radical (unpaired) electrons. The van der Waals surface area contributed by atoms with Crippen LogP contribution in [0.4, 0.5) is 0 Å². The summed E-state index contributed by atoms with van der Waals surface area (Å²) >= 11 is 0. The van der Waals surface area contributed by atoms with Crippen LogP contribution in [0, 0.1) is 0 Å². The molecule has 7 heavy (non-hydrogen) atoms. The van der Waals surface area contributed by atoms with Gasteiger partial charge in [-0.05, 0) is 6.92 Å². The second-order valence-corrected chi connectivity index (χ2v) is 1.98. The van der Waals surface area contributed by atoms with Crippen LogP contribution in [0.25, 0.3) is 0 Å². The highest BCUT2D eigenvalue weighted by molar-refractivity contribution is 4.69. The lowest BCUT2D eigenvalue weighted by atomic mass is 10.3. The van der Waals surface area contributed by atoms with E-state index in [1.54, 1.807) is 0 Å². The van der Waals surface area contributed by atoms with Crippen LogP contribution in [0.5, 0.6) is 0 Å². The third kappa shape index (κ3) is 1.45. The highest BCUT2D eigenvalue weighted by atomic mass is 15.0. The summed E-state index contributed by atoms with van der Waals surface area (Å²) in [7, 11) is 0. The number of nitrogens with one attached hydrogen (secondary N) is 1.